The molecule has 0 rings (SSSR count). The zero-order valence-electron chi connectivity index (χ0n) is 10.2. The van der Waals surface area contributed by atoms with E-state index in [1.165, 1.54) is 0 Å². The quantitative estimate of drug-likeness (QED) is 0.478. The first-order valence-electron chi connectivity index (χ1n) is 4.83. The van der Waals surface area contributed by atoms with E-state index in [0.29, 0.717) is 0 Å². The molecule has 0 aromatic heterocycles. The van der Waals surface area contributed by atoms with Gasteiger partial charge in [-0.2, -0.15) is 0 Å². The molecule has 0 aromatic carbocycles. The number of hydrogen-bond donors (Lipinski definition) is 0. The summed E-state index contributed by atoms with van der Waals surface area (Å²) >= 11 is -2.33. The van der Waals surface area contributed by atoms with Crippen LogP contribution in [0.2, 0.25) is 0 Å². The van der Waals surface area contributed by atoms with Crippen LogP contribution in [0.15, 0.2) is 0 Å². The van der Waals surface area contributed by atoms with Crippen LogP contribution in [0.3, 0.4) is 0 Å². The van der Waals surface area contributed by atoms with Crippen molar-refractivity contribution in [2.24, 2.45) is 0 Å². The van der Waals surface area contributed by atoms with Gasteiger partial charge >= 0.3 is 133 Å². The van der Waals surface area contributed by atoms with Crippen LogP contribution in [-0.4, -0.2) is 66.9 Å². The Balaban J connectivity index is 6.37. The van der Waals surface area contributed by atoms with Gasteiger partial charge < -0.3 is 0 Å². The van der Waals surface area contributed by atoms with Gasteiger partial charge in [0, 0.05) is 0 Å². The van der Waals surface area contributed by atoms with Gasteiger partial charge in [-0.1, -0.05) is 0 Å². The first-order chi connectivity index (χ1) is 9.50. The molecule has 0 unspecified atom stereocenters. The Morgan fingerprint density at radius 1 is 0.348 bits per heavy atom. The fourth-order valence-electron chi connectivity index (χ4n) is 1.05. The van der Waals surface area contributed by atoms with Crippen molar-refractivity contribution in [3.05, 3.63) is 0 Å². The van der Waals surface area contributed by atoms with Crippen molar-refractivity contribution in [3.8, 4) is 0 Å². The summed E-state index contributed by atoms with van der Waals surface area (Å²) in [6, 6.07) is 0. The van der Waals surface area contributed by atoms with Gasteiger partial charge in [-0.05, 0) is 0 Å². The van der Waals surface area contributed by atoms with E-state index in [0.717, 1.165) is 0 Å². The standard InChI is InChI=1S/C7F15.Na/c8-1(9)2(10,11)3(12,13)4(14,15)5(16,17)6(18,19)7(20,21)22;. The average molecular weight is 392 g/mol. The molecule has 0 amide bonds. The molecule has 0 saturated heterocycles. The molecule has 0 nitrogen and oxygen atoms in total. The Labute approximate surface area is 133 Å². The summed E-state index contributed by atoms with van der Waals surface area (Å²) in [5.41, 5.74) is 0. The van der Waals surface area contributed by atoms with E-state index in [-0.39, 0.29) is 0 Å². The second-order valence-electron chi connectivity index (χ2n) is 4.26. The van der Waals surface area contributed by atoms with Crippen molar-refractivity contribution in [2.45, 2.75) is 39.0 Å². The SMILES string of the molecule is FC(F)(F)C(F)(F)C(F)(F)C(F)(F)C(F)(F)C(F)(F)[C](F)(F)[Na]. The number of hydrogen-bond acceptors (Lipinski definition) is 0. The van der Waals surface area contributed by atoms with Crippen LogP contribution in [0.25, 0.3) is 0 Å². The molecule has 0 heterocycles. The minimum absolute atomic E-state index is 2.33. The molecular weight excluding hydrogens is 392 g/mol. The predicted molar refractivity (Wildman–Crippen MR) is 41.5 cm³/mol. The fraction of sp³-hybridized carbons (Fsp3) is 1.00. The van der Waals surface area contributed by atoms with Crippen molar-refractivity contribution in [3.63, 3.8) is 0 Å². The first kappa shape index (κ1) is 22.9. The van der Waals surface area contributed by atoms with E-state index < -0.39 is 66.9 Å². The fourth-order valence-corrected chi connectivity index (χ4v) is 1.36. The summed E-state index contributed by atoms with van der Waals surface area (Å²) in [6.45, 7) is 0. The third kappa shape index (κ3) is 3.00. The molecule has 0 aliphatic rings. The average Bonchev–Trinajstić information content (AvgIpc) is 2.24. The van der Waals surface area contributed by atoms with Gasteiger partial charge in [0.15, 0.2) is 0 Å². The maximum absolute atomic E-state index is 12.8. The van der Waals surface area contributed by atoms with Gasteiger partial charge in [-0.25, -0.2) is 0 Å². The number of rotatable bonds is 5. The van der Waals surface area contributed by atoms with Crippen LogP contribution < -0.4 is 0 Å². The monoisotopic (exact) mass is 392 g/mol. The number of alkyl halides is 15. The summed E-state index contributed by atoms with van der Waals surface area (Å²) in [4.78, 5) is 0. The van der Waals surface area contributed by atoms with Crippen LogP contribution in [-0.2, 0) is 0 Å². The van der Waals surface area contributed by atoms with Gasteiger partial charge in [0.05, 0.1) is 0 Å². The van der Waals surface area contributed by atoms with Gasteiger partial charge in [-0.15, -0.1) is 0 Å². The summed E-state index contributed by atoms with van der Waals surface area (Å²) in [6.07, 6.45) is -7.56. The van der Waals surface area contributed by atoms with Crippen LogP contribution in [0.5, 0.6) is 0 Å². The van der Waals surface area contributed by atoms with E-state index in [1.54, 1.807) is 0 Å². The Kier molecular flexibility index (Phi) is 5.46. The van der Waals surface area contributed by atoms with Crippen LogP contribution >= 0.6 is 0 Å². The van der Waals surface area contributed by atoms with E-state index in [4.69, 9.17) is 0 Å². The molecule has 0 spiro atoms. The number of halogens is 15. The van der Waals surface area contributed by atoms with E-state index in [1.807, 2.05) is 0 Å². The molecule has 0 aliphatic heterocycles. The molecule has 16 heteroatoms. The summed E-state index contributed by atoms with van der Waals surface area (Å²) in [5.74, 6) is -39.5. The predicted octanol–water partition coefficient (Wildman–Crippen LogP) is 4.49. The Morgan fingerprint density at radius 2 is 0.565 bits per heavy atom. The Bertz CT molecular complexity index is 400. The topological polar surface area (TPSA) is 0 Å². The van der Waals surface area contributed by atoms with Gasteiger partial charge in [0.1, 0.15) is 0 Å². The molecule has 0 aromatic rings. The van der Waals surface area contributed by atoms with Crippen molar-refractivity contribution < 1.29 is 65.9 Å². The molecule has 0 saturated carbocycles. The first-order valence-corrected chi connectivity index (χ1v) is 5.83. The van der Waals surface area contributed by atoms with Crippen LogP contribution in [0, 0.1) is 0 Å². The van der Waals surface area contributed by atoms with Gasteiger partial charge in [-0.3, -0.25) is 0 Å². The van der Waals surface area contributed by atoms with Gasteiger partial charge in [0.25, 0.3) is 0 Å². The third-order valence-corrected chi connectivity index (χ3v) is 3.11. The van der Waals surface area contributed by atoms with Gasteiger partial charge in [0.2, 0.25) is 0 Å². The van der Waals surface area contributed by atoms with Crippen molar-refractivity contribution in [1.29, 1.82) is 0 Å². The summed E-state index contributed by atoms with van der Waals surface area (Å²) in [7, 11) is 0. The second kappa shape index (κ2) is 5.47. The summed E-state index contributed by atoms with van der Waals surface area (Å²) < 4.78 is 180. The molecule has 0 N–H and O–H groups in total. The Hall–Kier alpha value is -0.0500. The zero-order valence-corrected chi connectivity index (χ0v) is 12.2. The minimum atomic E-state index is -8.17. The molecule has 0 bridgehead atoms. The molecule has 134 valence electrons. The molecular formula is C7F15Na. The van der Waals surface area contributed by atoms with E-state index >= 15 is 0 Å². The molecule has 23 heavy (non-hydrogen) atoms. The second-order valence-corrected chi connectivity index (χ2v) is 5.51. The van der Waals surface area contributed by atoms with E-state index in [2.05, 4.69) is 0 Å². The molecule has 0 radical (unpaired) electrons. The zero-order chi connectivity index (χ0) is 19.5. The van der Waals surface area contributed by atoms with Crippen molar-refractivity contribution in [2.75, 3.05) is 0 Å². The Morgan fingerprint density at radius 3 is 0.783 bits per heavy atom. The molecule has 0 aliphatic carbocycles. The van der Waals surface area contributed by atoms with Crippen molar-refractivity contribution >= 4 is 27.9 Å². The van der Waals surface area contributed by atoms with E-state index in [9.17, 15) is 65.9 Å². The molecule has 0 atom stereocenters. The van der Waals surface area contributed by atoms with Crippen molar-refractivity contribution in [1.82, 2.24) is 0 Å². The molecule has 0 fully saturated rings. The third-order valence-electron chi connectivity index (χ3n) is 2.48. The summed E-state index contributed by atoms with van der Waals surface area (Å²) in [5, 5.41) is 0. The van der Waals surface area contributed by atoms with Crippen LogP contribution in [0.4, 0.5) is 65.9 Å². The normalized spacial score (nSPS) is 16.7. The van der Waals surface area contributed by atoms with Crippen LogP contribution in [0.1, 0.15) is 0 Å². The maximum atomic E-state index is 12.8.